The van der Waals surface area contributed by atoms with Gasteiger partial charge in [-0.2, -0.15) is 0 Å². The second-order valence-electron chi connectivity index (χ2n) is 2.53. The molecule has 5 nitrogen and oxygen atoms in total. The molecular weight excluding hydrogens is 186 g/mol. The maximum Gasteiger partial charge on any atom is 0.270 e. The number of nitrogens with zero attached hydrogens (tertiary/aromatic N) is 1. The highest BCUT2D eigenvalue weighted by molar-refractivity contribution is 5.80. The number of hydrogen-bond acceptors (Lipinski definition) is 4. The molecule has 0 aliphatic rings. The number of hydrogen-bond donors (Lipinski definition) is 0. The first kappa shape index (κ1) is 10.2. The zero-order valence-electron chi connectivity index (χ0n) is 7.60. The molecule has 0 unspecified atom stereocenters. The Balaban J connectivity index is 3.11. The molecule has 0 radical (unpaired) electrons. The van der Waals surface area contributed by atoms with Crippen molar-refractivity contribution >= 4 is 12.0 Å². The van der Waals surface area contributed by atoms with Crippen molar-refractivity contribution in [3.63, 3.8) is 0 Å². The van der Waals surface area contributed by atoms with Gasteiger partial charge in [-0.15, -0.1) is 0 Å². The molecule has 1 aromatic rings. The molecule has 0 aromatic heterocycles. The van der Waals surface area contributed by atoms with Gasteiger partial charge in [0.1, 0.15) is 5.75 Å². The zero-order chi connectivity index (χ0) is 10.6. The number of ether oxygens (including phenoxy) is 1. The van der Waals surface area contributed by atoms with Gasteiger partial charge in [0.05, 0.1) is 17.1 Å². The third-order valence-corrected chi connectivity index (χ3v) is 1.63. The lowest BCUT2D eigenvalue weighted by Gasteiger charge is -2.04. The molecule has 0 amide bonds. The molecule has 1 aromatic carbocycles. The fourth-order valence-electron chi connectivity index (χ4n) is 1.03. The van der Waals surface area contributed by atoms with E-state index in [1.165, 1.54) is 18.2 Å². The van der Waals surface area contributed by atoms with Gasteiger partial charge in [-0.25, -0.2) is 0 Å². The van der Waals surface area contributed by atoms with Crippen LogP contribution >= 0.6 is 0 Å². The molecule has 0 N–H and O–H groups in total. The van der Waals surface area contributed by atoms with Crippen LogP contribution in [0.15, 0.2) is 18.2 Å². The van der Waals surface area contributed by atoms with Gasteiger partial charge in [0.2, 0.25) is 0 Å². The van der Waals surface area contributed by atoms with Crippen molar-refractivity contribution in [3.8, 4) is 5.75 Å². The number of rotatable bonds is 4. The lowest BCUT2D eigenvalue weighted by atomic mass is 10.2. The van der Waals surface area contributed by atoms with Crippen molar-refractivity contribution in [2.24, 2.45) is 0 Å². The molecule has 0 atom stereocenters. The highest BCUT2D eigenvalue weighted by Gasteiger charge is 2.10. The van der Waals surface area contributed by atoms with Gasteiger partial charge in [-0.1, -0.05) is 0 Å². The minimum Gasteiger partial charge on any atom is -0.493 e. The summed E-state index contributed by atoms with van der Waals surface area (Å²) in [6, 6.07) is 3.92. The zero-order valence-corrected chi connectivity index (χ0v) is 7.60. The summed E-state index contributed by atoms with van der Waals surface area (Å²) in [7, 11) is 0. The van der Waals surface area contributed by atoms with Crippen LogP contribution in [0.25, 0.3) is 0 Å². The first-order valence-electron chi connectivity index (χ1n) is 4.05. The summed E-state index contributed by atoms with van der Waals surface area (Å²) >= 11 is 0. The smallest absolute Gasteiger partial charge is 0.270 e. The van der Waals surface area contributed by atoms with E-state index in [4.69, 9.17) is 4.74 Å². The highest BCUT2D eigenvalue weighted by atomic mass is 16.6. The molecule has 0 bridgehead atoms. The summed E-state index contributed by atoms with van der Waals surface area (Å²) in [6.07, 6.45) is 0.540. The van der Waals surface area contributed by atoms with E-state index >= 15 is 0 Å². The summed E-state index contributed by atoms with van der Waals surface area (Å²) in [5, 5.41) is 10.4. The Hall–Kier alpha value is -1.91. The molecule has 0 fully saturated rings. The predicted molar refractivity (Wildman–Crippen MR) is 49.7 cm³/mol. The van der Waals surface area contributed by atoms with E-state index in [9.17, 15) is 14.9 Å². The molecule has 5 heteroatoms. The maximum absolute atomic E-state index is 10.6. The monoisotopic (exact) mass is 195 g/mol. The van der Waals surface area contributed by atoms with Gasteiger partial charge >= 0.3 is 0 Å². The van der Waals surface area contributed by atoms with Gasteiger partial charge in [0.15, 0.2) is 6.29 Å². The molecular formula is C9H9NO4. The van der Waals surface area contributed by atoms with Crippen molar-refractivity contribution < 1.29 is 14.5 Å². The summed E-state index contributed by atoms with van der Waals surface area (Å²) < 4.78 is 5.11. The lowest BCUT2D eigenvalue weighted by molar-refractivity contribution is -0.384. The van der Waals surface area contributed by atoms with Crippen LogP contribution in [0.4, 0.5) is 5.69 Å². The molecule has 0 spiro atoms. The average Bonchev–Trinajstić information content (AvgIpc) is 2.18. The number of carbonyl (C=O) groups is 1. The number of nitro benzene ring substituents is 1. The van der Waals surface area contributed by atoms with Crippen LogP contribution in [0, 0.1) is 10.1 Å². The Morgan fingerprint density at radius 2 is 2.29 bits per heavy atom. The normalized spacial score (nSPS) is 9.50. The number of non-ortho nitro benzene ring substituents is 1. The topological polar surface area (TPSA) is 69.4 Å². The number of benzene rings is 1. The highest BCUT2D eigenvalue weighted by Crippen LogP contribution is 2.22. The van der Waals surface area contributed by atoms with Gasteiger partial charge in [0, 0.05) is 12.1 Å². The minimum atomic E-state index is -0.553. The van der Waals surface area contributed by atoms with Crippen LogP contribution in [0.5, 0.6) is 5.75 Å². The minimum absolute atomic E-state index is 0.115. The molecule has 74 valence electrons. The van der Waals surface area contributed by atoms with E-state index in [1.54, 1.807) is 6.92 Å². The van der Waals surface area contributed by atoms with Crippen molar-refractivity contribution in [2.45, 2.75) is 6.92 Å². The Morgan fingerprint density at radius 1 is 1.57 bits per heavy atom. The van der Waals surface area contributed by atoms with Crippen LogP contribution in [-0.4, -0.2) is 17.8 Å². The maximum atomic E-state index is 10.6. The van der Waals surface area contributed by atoms with Gasteiger partial charge in [0.25, 0.3) is 5.69 Å². The van der Waals surface area contributed by atoms with Gasteiger partial charge in [-0.3, -0.25) is 14.9 Å². The summed E-state index contributed by atoms with van der Waals surface area (Å²) in [4.78, 5) is 20.4. The lowest BCUT2D eigenvalue weighted by Crippen LogP contribution is -1.97. The summed E-state index contributed by atoms with van der Waals surface area (Å²) in [6.45, 7) is 2.19. The van der Waals surface area contributed by atoms with Crippen molar-refractivity contribution in [1.29, 1.82) is 0 Å². The van der Waals surface area contributed by atoms with Crippen LogP contribution in [-0.2, 0) is 0 Å². The molecule has 0 aliphatic carbocycles. The molecule has 0 saturated carbocycles. The Morgan fingerprint density at radius 3 is 2.79 bits per heavy atom. The summed E-state index contributed by atoms with van der Waals surface area (Å²) in [5.41, 5.74) is 0.0802. The first-order chi connectivity index (χ1) is 6.69. The van der Waals surface area contributed by atoms with E-state index in [2.05, 4.69) is 0 Å². The molecule has 14 heavy (non-hydrogen) atoms. The second-order valence-corrected chi connectivity index (χ2v) is 2.53. The van der Waals surface area contributed by atoms with Gasteiger partial charge < -0.3 is 4.74 Å². The standard InChI is InChI=1S/C9H9NO4/c1-2-14-9-4-3-8(10(12)13)5-7(9)6-11/h3-6H,2H2,1H3. The van der Waals surface area contributed by atoms with Crippen molar-refractivity contribution in [3.05, 3.63) is 33.9 Å². The Bertz CT molecular complexity index is 362. The molecule has 1 rings (SSSR count). The van der Waals surface area contributed by atoms with Crippen LogP contribution in [0.1, 0.15) is 17.3 Å². The van der Waals surface area contributed by atoms with E-state index < -0.39 is 4.92 Å². The largest absolute Gasteiger partial charge is 0.493 e. The van der Waals surface area contributed by atoms with Crippen molar-refractivity contribution in [2.75, 3.05) is 6.61 Å². The fourth-order valence-corrected chi connectivity index (χ4v) is 1.03. The number of carbonyl (C=O) groups excluding carboxylic acids is 1. The fraction of sp³-hybridized carbons (Fsp3) is 0.222. The first-order valence-corrected chi connectivity index (χ1v) is 4.05. The molecule has 0 saturated heterocycles. The number of aldehydes is 1. The van der Waals surface area contributed by atoms with Crippen molar-refractivity contribution in [1.82, 2.24) is 0 Å². The number of nitro groups is 1. The van der Waals surface area contributed by atoms with Crippen LogP contribution in [0.2, 0.25) is 0 Å². The third kappa shape index (κ3) is 2.07. The third-order valence-electron chi connectivity index (χ3n) is 1.63. The Kier molecular flexibility index (Phi) is 3.17. The average molecular weight is 195 g/mol. The molecule has 0 heterocycles. The Labute approximate surface area is 80.5 Å². The second kappa shape index (κ2) is 4.36. The molecule has 0 aliphatic heterocycles. The van der Waals surface area contributed by atoms with E-state index in [0.29, 0.717) is 18.6 Å². The quantitative estimate of drug-likeness (QED) is 0.417. The van der Waals surface area contributed by atoms with E-state index in [0.717, 1.165) is 0 Å². The van der Waals surface area contributed by atoms with Crippen LogP contribution in [0.3, 0.4) is 0 Å². The van der Waals surface area contributed by atoms with E-state index in [-0.39, 0.29) is 11.3 Å². The predicted octanol–water partition coefficient (Wildman–Crippen LogP) is 1.81. The van der Waals surface area contributed by atoms with Crippen LogP contribution < -0.4 is 4.74 Å². The van der Waals surface area contributed by atoms with Gasteiger partial charge in [-0.05, 0) is 13.0 Å². The summed E-state index contributed by atoms with van der Waals surface area (Å²) in [5.74, 6) is 0.369. The van der Waals surface area contributed by atoms with E-state index in [1.807, 2.05) is 0 Å². The SMILES string of the molecule is CCOc1ccc([N+](=O)[O-])cc1C=O.